The van der Waals surface area contributed by atoms with Crippen LogP contribution >= 0.6 is 0 Å². The molecule has 0 heterocycles. The summed E-state index contributed by atoms with van der Waals surface area (Å²) in [5.74, 6) is 4.46. The quantitative estimate of drug-likeness (QED) is 0.574. The zero-order valence-electron chi connectivity index (χ0n) is 8.19. The van der Waals surface area contributed by atoms with Gasteiger partial charge in [-0.1, -0.05) is 6.92 Å². The maximum atomic E-state index is 11.5. The summed E-state index contributed by atoms with van der Waals surface area (Å²) < 4.78 is 4.86. The molecule has 6 unspecified atom stereocenters. The minimum Gasteiger partial charge on any atom is -0.469 e. The predicted octanol–water partition coefficient (Wildman–Crippen LogP) is 1.70. The van der Waals surface area contributed by atoms with Gasteiger partial charge in [0.15, 0.2) is 0 Å². The van der Waals surface area contributed by atoms with Gasteiger partial charge >= 0.3 is 5.97 Å². The number of hydrogen-bond donors (Lipinski definition) is 0. The van der Waals surface area contributed by atoms with Crippen molar-refractivity contribution >= 4 is 5.97 Å². The summed E-state index contributed by atoms with van der Waals surface area (Å²) in [6, 6.07) is 0. The highest BCUT2D eigenvalue weighted by Gasteiger charge is 2.66. The van der Waals surface area contributed by atoms with Crippen LogP contribution in [0.25, 0.3) is 0 Å². The van der Waals surface area contributed by atoms with Crippen molar-refractivity contribution in [2.24, 2.45) is 35.5 Å². The minimum absolute atomic E-state index is 0.0460. The molecule has 0 spiro atoms. The number of carbonyl (C=O) groups excluding carboxylic acids is 1. The van der Waals surface area contributed by atoms with Gasteiger partial charge in [0.25, 0.3) is 0 Å². The molecule has 2 bridgehead atoms. The topological polar surface area (TPSA) is 26.3 Å². The summed E-state index contributed by atoms with van der Waals surface area (Å²) in [4.78, 5) is 11.5. The largest absolute Gasteiger partial charge is 0.469 e. The van der Waals surface area contributed by atoms with Crippen molar-refractivity contribution in [2.75, 3.05) is 7.11 Å². The van der Waals surface area contributed by atoms with Gasteiger partial charge in [-0.05, 0) is 42.4 Å². The molecule has 0 aromatic rings. The molecule has 0 saturated heterocycles. The van der Waals surface area contributed by atoms with Crippen molar-refractivity contribution in [2.45, 2.75) is 19.8 Å². The van der Waals surface area contributed by atoms with Crippen molar-refractivity contribution in [3.8, 4) is 0 Å². The first-order valence-corrected chi connectivity index (χ1v) is 5.32. The van der Waals surface area contributed by atoms with Crippen molar-refractivity contribution in [3.63, 3.8) is 0 Å². The van der Waals surface area contributed by atoms with E-state index >= 15 is 0 Å². The van der Waals surface area contributed by atoms with Gasteiger partial charge in [-0.3, -0.25) is 4.79 Å². The van der Waals surface area contributed by atoms with Gasteiger partial charge in [0, 0.05) is 0 Å². The Hall–Kier alpha value is -0.530. The highest BCUT2D eigenvalue weighted by Crippen LogP contribution is 2.70. The molecule has 0 radical (unpaired) electrons. The average Bonchev–Trinajstić information content (AvgIpc) is 2.82. The fourth-order valence-electron chi connectivity index (χ4n) is 4.15. The number of carbonyl (C=O) groups is 1. The molecule has 6 atom stereocenters. The second-order valence-electron chi connectivity index (χ2n) is 5.03. The fraction of sp³-hybridized carbons (Fsp3) is 0.909. The first kappa shape index (κ1) is 7.84. The van der Waals surface area contributed by atoms with Crippen LogP contribution in [0, 0.1) is 35.5 Å². The van der Waals surface area contributed by atoms with Crippen molar-refractivity contribution < 1.29 is 9.53 Å². The lowest BCUT2D eigenvalue weighted by Gasteiger charge is -2.19. The Bertz CT molecular complexity index is 261. The van der Waals surface area contributed by atoms with Crippen molar-refractivity contribution in [1.29, 1.82) is 0 Å². The molecule has 3 aliphatic carbocycles. The van der Waals surface area contributed by atoms with Gasteiger partial charge in [-0.2, -0.15) is 0 Å². The van der Waals surface area contributed by atoms with Crippen LogP contribution in [0.3, 0.4) is 0 Å². The van der Waals surface area contributed by atoms with Gasteiger partial charge in [-0.25, -0.2) is 0 Å². The van der Waals surface area contributed by atoms with E-state index in [1.54, 1.807) is 0 Å². The molecule has 2 nitrogen and oxygen atoms in total. The third-order valence-electron chi connectivity index (χ3n) is 4.71. The van der Waals surface area contributed by atoms with E-state index in [-0.39, 0.29) is 11.9 Å². The zero-order valence-corrected chi connectivity index (χ0v) is 8.19. The number of ether oxygens (including phenoxy) is 1. The van der Waals surface area contributed by atoms with Gasteiger partial charge in [0.1, 0.15) is 0 Å². The summed E-state index contributed by atoms with van der Waals surface area (Å²) >= 11 is 0. The van der Waals surface area contributed by atoms with Crippen LogP contribution in [0.5, 0.6) is 0 Å². The lowest BCUT2D eigenvalue weighted by Crippen LogP contribution is -2.24. The number of methoxy groups -OCH3 is 1. The normalized spacial score (nSPS) is 56.2. The van der Waals surface area contributed by atoms with Crippen LogP contribution in [0.15, 0.2) is 0 Å². The van der Waals surface area contributed by atoms with Gasteiger partial charge < -0.3 is 4.74 Å². The molecule has 3 fully saturated rings. The highest BCUT2D eigenvalue weighted by atomic mass is 16.5. The number of fused-ring (bicyclic) bond motifs is 5. The van der Waals surface area contributed by atoms with Gasteiger partial charge in [0.2, 0.25) is 0 Å². The first-order chi connectivity index (χ1) is 6.24. The fourth-order valence-corrected chi connectivity index (χ4v) is 4.15. The van der Waals surface area contributed by atoms with E-state index in [0.29, 0.717) is 5.92 Å². The Balaban J connectivity index is 1.84. The number of rotatable bonds is 1. The summed E-state index contributed by atoms with van der Waals surface area (Å²) in [6.07, 6.45) is 2.51. The van der Waals surface area contributed by atoms with E-state index in [0.717, 1.165) is 30.1 Å². The molecule has 0 aliphatic heterocycles. The molecule has 2 heteroatoms. The number of hydrogen-bond acceptors (Lipinski definition) is 2. The van der Waals surface area contributed by atoms with Crippen LogP contribution < -0.4 is 0 Å². The van der Waals surface area contributed by atoms with E-state index < -0.39 is 0 Å². The maximum absolute atomic E-state index is 11.5. The van der Waals surface area contributed by atoms with E-state index in [1.165, 1.54) is 13.5 Å². The standard InChI is InChI=1S/C11H16O2/c1-5-6-3-9(11(12)13-2)10(5)8-4-7(6)8/h5-10H,3-4H2,1-2H3. The van der Waals surface area contributed by atoms with E-state index in [4.69, 9.17) is 4.74 Å². The second-order valence-corrected chi connectivity index (χ2v) is 5.03. The zero-order chi connectivity index (χ0) is 9.16. The summed E-state index contributed by atoms with van der Waals surface area (Å²) in [5.41, 5.74) is 0. The Morgan fingerprint density at radius 2 is 2.00 bits per heavy atom. The van der Waals surface area contributed by atoms with Crippen LogP contribution in [-0.2, 0) is 9.53 Å². The monoisotopic (exact) mass is 180 g/mol. The number of esters is 1. The molecule has 0 amide bonds. The Kier molecular flexibility index (Phi) is 1.38. The summed E-state index contributed by atoms with van der Waals surface area (Å²) in [5, 5.41) is 0. The average molecular weight is 180 g/mol. The molecule has 3 aliphatic rings. The molecule has 3 saturated carbocycles. The van der Waals surface area contributed by atoms with E-state index in [1.807, 2.05) is 0 Å². The predicted molar refractivity (Wildman–Crippen MR) is 47.9 cm³/mol. The van der Waals surface area contributed by atoms with Crippen LogP contribution in [0.2, 0.25) is 0 Å². The van der Waals surface area contributed by atoms with E-state index in [2.05, 4.69) is 6.92 Å². The third kappa shape index (κ3) is 0.818. The molecule has 0 aromatic heterocycles. The molecule has 3 rings (SSSR count). The van der Waals surface area contributed by atoms with Crippen molar-refractivity contribution in [3.05, 3.63) is 0 Å². The van der Waals surface area contributed by atoms with Crippen molar-refractivity contribution in [1.82, 2.24) is 0 Å². The van der Waals surface area contributed by atoms with Crippen LogP contribution in [0.4, 0.5) is 0 Å². The summed E-state index contributed by atoms with van der Waals surface area (Å²) in [6.45, 7) is 2.32. The highest BCUT2D eigenvalue weighted by molar-refractivity contribution is 5.73. The molecule has 72 valence electrons. The lowest BCUT2D eigenvalue weighted by atomic mass is 9.87. The first-order valence-electron chi connectivity index (χ1n) is 5.32. The molecular weight excluding hydrogens is 164 g/mol. The smallest absolute Gasteiger partial charge is 0.308 e. The van der Waals surface area contributed by atoms with Gasteiger partial charge in [-0.15, -0.1) is 0 Å². The van der Waals surface area contributed by atoms with Gasteiger partial charge in [0.05, 0.1) is 13.0 Å². The lowest BCUT2D eigenvalue weighted by molar-refractivity contribution is -0.147. The van der Waals surface area contributed by atoms with E-state index in [9.17, 15) is 4.79 Å². The van der Waals surface area contributed by atoms with Crippen LogP contribution in [-0.4, -0.2) is 13.1 Å². The minimum atomic E-state index is 0.0460. The Labute approximate surface area is 78.6 Å². The molecular formula is C11H16O2. The third-order valence-corrected chi connectivity index (χ3v) is 4.71. The van der Waals surface area contributed by atoms with Crippen LogP contribution in [0.1, 0.15) is 19.8 Å². The summed E-state index contributed by atoms with van der Waals surface area (Å²) in [7, 11) is 1.52. The Morgan fingerprint density at radius 3 is 2.54 bits per heavy atom. The Morgan fingerprint density at radius 1 is 1.23 bits per heavy atom. The SMILES string of the molecule is COC(=O)C1CC2C(C)C1C1CC21. The second kappa shape index (κ2) is 2.28. The molecule has 13 heavy (non-hydrogen) atoms. The molecule has 0 aromatic carbocycles. The molecule has 0 N–H and O–H groups in total. The maximum Gasteiger partial charge on any atom is 0.308 e.